The molecule has 0 bridgehead atoms. The van der Waals surface area contributed by atoms with E-state index in [-0.39, 0.29) is 19.6 Å². The molecular formula is C42H72N6O12. The molecule has 3 N–H and O–H groups in total. The summed E-state index contributed by atoms with van der Waals surface area (Å²) in [5.41, 5.74) is -1.86. The predicted octanol–water partition coefficient (Wildman–Crippen LogP) is 5.85. The third-order valence-electron chi connectivity index (χ3n) is 9.14. The smallest absolute Gasteiger partial charge is 0.407 e. The van der Waals surface area contributed by atoms with Crippen LogP contribution in [-0.2, 0) is 48.1 Å². The summed E-state index contributed by atoms with van der Waals surface area (Å²) in [5, 5.41) is 8.18. The van der Waals surface area contributed by atoms with Crippen LogP contribution in [-0.4, -0.2) is 91.3 Å². The lowest BCUT2D eigenvalue weighted by molar-refractivity contribution is 0.139. The largest absolute Gasteiger partial charge is 0.502 e. The number of nitrogens with one attached hydrogen (secondary N) is 3. The summed E-state index contributed by atoms with van der Waals surface area (Å²) in [6.45, 7) is 14.7. The molecule has 18 nitrogen and oxygen atoms in total. The monoisotopic (exact) mass is 853 g/mol. The molecule has 0 aliphatic heterocycles. The van der Waals surface area contributed by atoms with E-state index in [2.05, 4.69) is 35.7 Å². The minimum absolute atomic E-state index is 0.164. The Morgan fingerprint density at radius 2 is 0.633 bits per heavy atom. The second-order valence-corrected chi connectivity index (χ2v) is 14.0. The molecule has 0 unspecified atom stereocenters. The summed E-state index contributed by atoms with van der Waals surface area (Å²) in [4.78, 5) is 76.2. The molecule has 1 aromatic heterocycles. The summed E-state index contributed by atoms with van der Waals surface area (Å²) < 4.78 is 34.0. The zero-order valence-electron chi connectivity index (χ0n) is 35.8. The van der Waals surface area contributed by atoms with Gasteiger partial charge in [-0.2, -0.15) is 0 Å². The number of nitrogens with zero attached hydrogens (tertiary/aromatic N) is 3. The number of hydrogen-bond acceptors (Lipinski definition) is 12. The van der Waals surface area contributed by atoms with Gasteiger partial charge in [0.2, 0.25) is 0 Å². The number of unbranched alkanes of at least 4 members (excludes halogenated alkanes) is 12. The van der Waals surface area contributed by atoms with Crippen molar-refractivity contribution in [1.29, 1.82) is 0 Å². The van der Waals surface area contributed by atoms with Gasteiger partial charge in [-0.3, -0.25) is 0 Å². The highest BCUT2D eigenvalue weighted by molar-refractivity contribution is 5.67. The molecule has 0 aliphatic rings. The SMILES string of the molecule is C=COCCCCOC(=O)NCCCCCCn1c(=O)n(CCCCCCNC(=O)OCCCCOC=C)c(=O)n(CCCCCCNC(=O)OCCCCOC=C)c1=O. The van der Waals surface area contributed by atoms with Crippen molar-refractivity contribution in [1.82, 2.24) is 29.7 Å². The molecule has 0 fully saturated rings. The van der Waals surface area contributed by atoms with E-state index in [1.54, 1.807) is 0 Å². The van der Waals surface area contributed by atoms with E-state index in [0.29, 0.717) is 136 Å². The van der Waals surface area contributed by atoms with Crippen LogP contribution in [0, 0.1) is 0 Å². The number of alkyl carbamates (subject to hydrolysis) is 3. The van der Waals surface area contributed by atoms with Crippen LogP contribution in [0.5, 0.6) is 0 Å². The van der Waals surface area contributed by atoms with E-state index in [9.17, 15) is 28.8 Å². The van der Waals surface area contributed by atoms with Crippen molar-refractivity contribution < 1.29 is 42.8 Å². The maximum atomic E-state index is 13.5. The Balaban J connectivity index is 2.63. The number of aromatic nitrogens is 3. The second-order valence-electron chi connectivity index (χ2n) is 14.0. The molecule has 18 heteroatoms. The van der Waals surface area contributed by atoms with Gasteiger partial charge < -0.3 is 44.4 Å². The molecule has 0 atom stereocenters. The maximum Gasteiger partial charge on any atom is 0.407 e. The molecule has 0 saturated carbocycles. The zero-order chi connectivity index (χ0) is 43.9. The Hall–Kier alpha value is -5.16. The number of carbonyl (C=O) groups excluding carboxylic acids is 3. The van der Waals surface area contributed by atoms with Gasteiger partial charge in [0, 0.05) is 39.3 Å². The number of rotatable bonds is 39. The summed E-state index contributed by atoms with van der Waals surface area (Å²) in [5.74, 6) is 0. The predicted molar refractivity (Wildman–Crippen MR) is 229 cm³/mol. The third-order valence-corrected chi connectivity index (χ3v) is 9.14. The lowest BCUT2D eigenvalue weighted by Gasteiger charge is -2.14. The lowest BCUT2D eigenvalue weighted by Crippen LogP contribution is -2.54. The molecule has 1 aromatic rings. The first kappa shape index (κ1) is 52.9. The molecule has 342 valence electrons. The van der Waals surface area contributed by atoms with Gasteiger partial charge in [0.05, 0.1) is 58.4 Å². The summed E-state index contributed by atoms with van der Waals surface area (Å²) in [6.07, 6.45) is 15.2. The highest BCUT2D eigenvalue weighted by Gasteiger charge is 2.15. The minimum Gasteiger partial charge on any atom is -0.502 e. The first-order chi connectivity index (χ1) is 29.3. The summed E-state index contributed by atoms with van der Waals surface area (Å²) >= 11 is 0. The Labute approximate surface area is 354 Å². The normalized spacial score (nSPS) is 10.6. The minimum atomic E-state index is -0.620. The van der Waals surface area contributed by atoms with Crippen LogP contribution in [0.3, 0.4) is 0 Å². The first-order valence-electron chi connectivity index (χ1n) is 21.6. The Morgan fingerprint density at radius 3 is 0.900 bits per heavy atom. The molecule has 0 spiro atoms. The van der Waals surface area contributed by atoms with E-state index in [1.165, 1.54) is 18.8 Å². The van der Waals surface area contributed by atoms with E-state index in [4.69, 9.17) is 28.4 Å². The Kier molecular flexibility index (Phi) is 32.5. The van der Waals surface area contributed by atoms with Crippen LogP contribution < -0.4 is 33.0 Å². The van der Waals surface area contributed by atoms with E-state index in [0.717, 1.165) is 52.2 Å². The maximum absolute atomic E-state index is 13.5. The van der Waals surface area contributed by atoms with E-state index >= 15 is 0 Å². The van der Waals surface area contributed by atoms with Crippen molar-refractivity contribution >= 4 is 18.3 Å². The molecule has 0 aliphatic carbocycles. The highest BCUT2D eigenvalue weighted by Crippen LogP contribution is 2.04. The fourth-order valence-corrected chi connectivity index (χ4v) is 5.83. The van der Waals surface area contributed by atoms with Crippen molar-refractivity contribution in [2.45, 2.75) is 135 Å². The molecule has 1 rings (SSSR count). The number of carbonyl (C=O) groups is 3. The van der Waals surface area contributed by atoms with Gasteiger partial charge in [0.15, 0.2) is 0 Å². The Bertz CT molecular complexity index is 1320. The molecule has 60 heavy (non-hydrogen) atoms. The van der Waals surface area contributed by atoms with Gasteiger partial charge in [0.25, 0.3) is 0 Å². The van der Waals surface area contributed by atoms with Crippen molar-refractivity contribution in [2.75, 3.05) is 59.3 Å². The van der Waals surface area contributed by atoms with Gasteiger partial charge in [-0.25, -0.2) is 42.5 Å². The van der Waals surface area contributed by atoms with Crippen molar-refractivity contribution in [3.05, 3.63) is 70.0 Å². The molecule has 1 heterocycles. The Morgan fingerprint density at radius 1 is 0.383 bits per heavy atom. The van der Waals surface area contributed by atoms with Crippen molar-refractivity contribution in [3.8, 4) is 0 Å². The number of hydrogen-bond donors (Lipinski definition) is 3. The summed E-state index contributed by atoms with van der Waals surface area (Å²) in [6, 6.07) is 0. The zero-order valence-corrected chi connectivity index (χ0v) is 35.8. The van der Waals surface area contributed by atoms with Gasteiger partial charge in [-0.05, 0) is 77.0 Å². The van der Waals surface area contributed by atoms with Gasteiger partial charge in [-0.15, -0.1) is 0 Å². The molecular weight excluding hydrogens is 780 g/mol. The second kappa shape index (κ2) is 36.9. The van der Waals surface area contributed by atoms with E-state index < -0.39 is 35.3 Å². The molecule has 3 amide bonds. The first-order valence-corrected chi connectivity index (χ1v) is 21.6. The average Bonchev–Trinajstić information content (AvgIpc) is 3.23. The van der Waals surface area contributed by atoms with E-state index in [1.807, 2.05) is 0 Å². The van der Waals surface area contributed by atoms with Crippen LogP contribution in [0.15, 0.2) is 52.9 Å². The quantitative estimate of drug-likeness (QED) is 0.0405. The van der Waals surface area contributed by atoms with Crippen LogP contribution >= 0.6 is 0 Å². The highest BCUT2D eigenvalue weighted by atomic mass is 16.6. The average molecular weight is 853 g/mol. The number of amides is 3. The van der Waals surface area contributed by atoms with Gasteiger partial charge in [0.1, 0.15) is 0 Å². The van der Waals surface area contributed by atoms with Crippen molar-refractivity contribution in [2.24, 2.45) is 0 Å². The topological polar surface area (TPSA) is 209 Å². The fourth-order valence-electron chi connectivity index (χ4n) is 5.83. The third kappa shape index (κ3) is 26.8. The summed E-state index contributed by atoms with van der Waals surface area (Å²) in [7, 11) is 0. The van der Waals surface area contributed by atoms with Crippen molar-refractivity contribution in [3.63, 3.8) is 0 Å². The van der Waals surface area contributed by atoms with Crippen LogP contribution in [0.4, 0.5) is 14.4 Å². The fraction of sp³-hybridized carbons (Fsp3) is 0.714. The molecule has 0 radical (unpaired) electrons. The number of ether oxygens (including phenoxy) is 6. The molecule has 0 saturated heterocycles. The molecule has 0 aromatic carbocycles. The standard InChI is InChI=1S/C42H72N6O12/c1-4-55-31-19-22-34-58-37(49)43-25-13-7-10-16-28-46-40(52)47(29-17-11-8-14-26-44-38(50)59-35-23-20-32-56-5-2)42(54)48(41(46)53)30-18-12-9-15-27-45-39(51)60-36-24-21-33-57-6-3/h4-6H,1-3,7-36H2,(H,43,49)(H,44,50)(H,45,51). The van der Waals surface area contributed by atoms with Crippen LogP contribution in [0.25, 0.3) is 0 Å². The van der Waals surface area contributed by atoms with Gasteiger partial charge >= 0.3 is 35.3 Å². The lowest BCUT2D eigenvalue weighted by atomic mass is 10.2. The van der Waals surface area contributed by atoms with Crippen LogP contribution in [0.1, 0.15) is 116 Å². The van der Waals surface area contributed by atoms with Gasteiger partial charge in [-0.1, -0.05) is 58.3 Å². The van der Waals surface area contributed by atoms with Crippen LogP contribution in [0.2, 0.25) is 0 Å².